The fourth-order valence-corrected chi connectivity index (χ4v) is 2.87. The standard InChI is InChI=1S/C12H14N2OS/c1-3-10(9-15-7-1)14-6-5-13-12(14)11-4-2-8-16-11/h2,4-6,8,10H,1,3,7,9H2. The quantitative estimate of drug-likeness (QED) is 0.798. The third-order valence-corrected chi connectivity index (χ3v) is 3.81. The highest BCUT2D eigenvalue weighted by molar-refractivity contribution is 7.13. The lowest BCUT2D eigenvalue weighted by Crippen LogP contribution is -2.21. The van der Waals surface area contributed by atoms with Gasteiger partial charge in [0.2, 0.25) is 0 Å². The van der Waals surface area contributed by atoms with E-state index >= 15 is 0 Å². The van der Waals surface area contributed by atoms with Gasteiger partial charge in [0.15, 0.2) is 0 Å². The average Bonchev–Trinajstić information content (AvgIpc) is 3.01. The number of hydrogen-bond donors (Lipinski definition) is 0. The minimum atomic E-state index is 0.452. The highest BCUT2D eigenvalue weighted by Crippen LogP contribution is 2.28. The Morgan fingerprint density at radius 3 is 3.25 bits per heavy atom. The van der Waals surface area contributed by atoms with Gasteiger partial charge in [-0.15, -0.1) is 11.3 Å². The molecule has 0 saturated carbocycles. The summed E-state index contributed by atoms with van der Waals surface area (Å²) in [6.45, 7) is 1.72. The number of aromatic nitrogens is 2. The second kappa shape index (κ2) is 4.39. The van der Waals surface area contributed by atoms with Gasteiger partial charge in [-0.3, -0.25) is 0 Å². The van der Waals surface area contributed by atoms with E-state index in [4.69, 9.17) is 4.74 Å². The maximum atomic E-state index is 5.53. The van der Waals surface area contributed by atoms with Crippen molar-refractivity contribution in [2.45, 2.75) is 18.9 Å². The summed E-state index contributed by atoms with van der Waals surface area (Å²) in [4.78, 5) is 5.68. The van der Waals surface area contributed by atoms with Gasteiger partial charge in [0.1, 0.15) is 5.82 Å². The molecule has 4 heteroatoms. The Kier molecular flexibility index (Phi) is 2.76. The molecule has 3 nitrogen and oxygen atoms in total. The van der Waals surface area contributed by atoms with Crippen LogP contribution in [0.15, 0.2) is 29.9 Å². The highest BCUT2D eigenvalue weighted by atomic mass is 32.1. The predicted molar refractivity (Wildman–Crippen MR) is 64.6 cm³/mol. The molecule has 3 rings (SSSR count). The SMILES string of the molecule is c1csc(-c2nccn2C2CCCOC2)c1. The molecule has 1 unspecified atom stereocenters. The normalized spacial score (nSPS) is 21.1. The van der Waals surface area contributed by atoms with Crippen LogP contribution in [0, 0.1) is 0 Å². The third-order valence-electron chi connectivity index (χ3n) is 2.94. The molecule has 3 heterocycles. The largest absolute Gasteiger partial charge is 0.379 e. The molecule has 1 atom stereocenters. The average molecular weight is 234 g/mol. The maximum absolute atomic E-state index is 5.53. The molecule has 2 aromatic rings. The van der Waals surface area contributed by atoms with Crippen LogP contribution in [-0.2, 0) is 4.74 Å². The predicted octanol–water partition coefficient (Wildman–Crippen LogP) is 2.96. The zero-order valence-corrected chi connectivity index (χ0v) is 9.82. The number of rotatable bonds is 2. The third kappa shape index (κ3) is 1.79. The van der Waals surface area contributed by atoms with Crippen LogP contribution >= 0.6 is 11.3 Å². The molecule has 0 spiro atoms. The molecule has 0 aromatic carbocycles. The van der Waals surface area contributed by atoms with Crippen molar-refractivity contribution in [3.8, 4) is 10.7 Å². The molecule has 1 aliphatic heterocycles. The first kappa shape index (κ1) is 10.1. The number of ether oxygens (including phenoxy) is 1. The van der Waals surface area contributed by atoms with Gasteiger partial charge >= 0.3 is 0 Å². The molecule has 84 valence electrons. The zero-order chi connectivity index (χ0) is 10.8. The lowest BCUT2D eigenvalue weighted by molar-refractivity contribution is 0.0597. The Morgan fingerprint density at radius 1 is 1.50 bits per heavy atom. The second-order valence-corrected chi connectivity index (χ2v) is 4.95. The molecule has 0 bridgehead atoms. The van der Waals surface area contributed by atoms with Gasteiger partial charge in [-0.25, -0.2) is 4.98 Å². The summed E-state index contributed by atoms with van der Waals surface area (Å²) in [6.07, 6.45) is 6.28. The summed E-state index contributed by atoms with van der Waals surface area (Å²) in [5, 5.41) is 2.09. The minimum Gasteiger partial charge on any atom is -0.379 e. The van der Waals surface area contributed by atoms with Crippen molar-refractivity contribution < 1.29 is 4.74 Å². The van der Waals surface area contributed by atoms with Crippen molar-refractivity contribution in [1.82, 2.24) is 9.55 Å². The van der Waals surface area contributed by atoms with E-state index in [2.05, 4.69) is 33.3 Å². The zero-order valence-electron chi connectivity index (χ0n) is 9.00. The van der Waals surface area contributed by atoms with Crippen LogP contribution in [0.1, 0.15) is 18.9 Å². The van der Waals surface area contributed by atoms with Crippen LogP contribution in [0.2, 0.25) is 0 Å². The van der Waals surface area contributed by atoms with Gasteiger partial charge < -0.3 is 9.30 Å². The Morgan fingerprint density at radius 2 is 2.50 bits per heavy atom. The Balaban J connectivity index is 1.92. The molecule has 0 aliphatic carbocycles. The van der Waals surface area contributed by atoms with Crippen molar-refractivity contribution in [3.63, 3.8) is 0 Å². The number of thiophene rings is 1. The molecular formula is C12H14N2OS. The summed E-state index contributed by atoms with van der Waals surface area (Å²) in [7, 11) is 0. The van der Waals surface area contributed by atoms with Gasteiger partial charge in [0.05, 0.1) is 17.5 Å². The van der Waals surface area contributed by atoms with E-state index in [1.807, 2.05) is 6.20 Å². The summed E-state index contributed by atoms with van der Waals surface area (Å²) in [5.41, 5.74) is 0. The molecule has 1 fully saturated rings. The van der Waals surface area contributed by atoms with Crippen LogP contribution in [0.3, 0.4) is 0 Å². The van der Waals surface area contributed by atoms with Crippen LogP contribution < -0.4 is 0 Å². The molecule has 0 amide bonds. The van der Waals surface area contributed by atoms with E-state index in [9.17, 15) is 0 Å². The van der Waals surface area contributed by atoms with Crippen molar-refractivity contribution in [1.29, 1.82) is 0 Å². The molecule has 2 aromatic heterocycles. The van der Waals surface area contributed by atoms with Gasteiger partial charge in [-0.05, 0) is 24.3 Å². The summed E-state index contributed by atoms with van der Waals surface area (Å²) >= 11 is 1.73. The smallest absolute Gasteiger partial charge is 0.150 e. The molecule has 1 aliphatic rings. The van der Waals surface area contributed by atoms with Gasteiger partial charge in [-0.2, -0.15) is 0 Å². The van der Waals surface area contributed by atoms with Gasteiger partial charge in [0, 0.05) is 19.0 Å². The first-order chi connectivity index (χ1) is 7.95. The second-order valence-electron chi connectivity index (χ2n) is 4.01. The Bertz CT molecular complexity index is 443. The fraction of sp³-hybridized carbons (Fsp3) is 0.417. The van der Waals surface area contributed by atoms with Crippen LogP contribution in [0.25, 0.3) is 10.7 Å². The van der Waals surface area contributed by atoms with Crippen molar-refractivity contribution >= 4 is 11.3 Å². The molecule has 0 N–H and O–H groups in total. The Labute approximate surface area is 98.7 Å². The Hall–Kier alpha value is -1.13. The van der Waals surface area contributed by atoms with Crippen molar-refractivity contribution in [2.75, 3.05) is 13.2 Å². The molecule has 16 heavy (non-hydrogen) atoms. The number of imidazole rings is 1. The van der Waals surface area contributed by atoms with E-state index in [1.165, 1.54) is 11.3 Å². The first-order valence-corrected chi connectivity index (χ1v) is 6.47. The molecule has 0 radical (unpaired) electrons. The summed E-state index contributed by atoms with van der Waals surface area (Å²) < 4.78 is 7.79. The van der Waals surface area contributed by atoms with Crippen LogP contribution in [-0.4, -0.2) is 22.8 Å². The van der Waals surface area contributed by atoms with Gasteiger partial charge in [-0.1, -0.05) is 6.07 Å². The maximum Gasteiger partial charge on any atom is 0.150 e. The van der Waals surface area contributed by atoms with E-state index < -0.39 is 0 Å². The fourth-order valence-electron chi connectivity index (χ4n) is 2.15. The monoisotopic (exact) mass is 234 g/mol. The van der Waals surface area contributed by atoms with E-state index in [1.54, 1.807) is 11.3 Å². The summed E-state index contributed by atoms with van der Waals surface area (Å²) in [5.74, 6) is 1.07. The number of nitrogens with zero attached hydrogens (tertiary/aromatic N) is 2. The van der Waals surface area contributed by atoms with Crippen molar-refractivity contribution in [2.24, 2.45) is 0 Å². The lowest BCUT2D eigenvalue weighted by atomic mass is 10.1. The van der Waals surface area contributed by atoms with E-state index in [0.29, 0.717) is 6.04 Å². The first-order valence-electron chi connectivity index (χ1n) is 5.59. The number of hydrogen-bond acceptors (Lipinski definition) is 3. The van der Waals surface area contributed by atoms with Crippen molar-refractivity contribution in [3.05, 3.63) is 29.9 Å². The highest BCUT2D eigenvalue weighted by Gasteiger charge is 2.19. The topological polar surface area (TPSA) is 27.1 Å². The summed E-state index contributed by atoms with van der Waals surface area (Å²) in [6, 6.07) is 4.64. The van der Waals surface area contributed by atoms with Crippen LogP contribution in [0.4, 0.5) is 0 Å². The minimum absolute atomic E-state index is 0.452. The van der Waals surface area contributed by atoms with E-state index in [-0.39, 0.29) is 0 Å². The lowest BCUT2D eigenvalue weighted by Gasteiger charge is -2.24. The van der Waals surface area contributed by atoms with Gasteiger partial charge in [0.25, 0.3) is 0 Å². The molecule has 1 saturated heterocycles. The van der Waals surface area contributed by atoms with E-state index in [0.717, 1.165) is 25.5 Å². The van der Waals surface area contributed by atoms with Crippen LogP contribution in [0.5, 0.6) is 0 Å². The molecular weight excluding hydrogens is 220 g/mol.